The average molecular weight is 256 g/mol. The number of amides is 5. The van der Waals surface area contributed by atoms with Crippen molar-refractivity contribution in [3.05, 3.63) is 0 Å². The molecule has 9 nitrogen and oxygen atoms in total. The average Bonchev–Trinajstić information content (AvgIpc) is 2.74. The Bertz CT molecular complexity index is 367. The Morgan fingerprint density at radius 1 is 0.944 bits per heavy atom. The molecule has 0 aromatic heterocycles. The van der Waals surface area contributed by atoms with Gasteiger partial charge in [0.05, 0.1) is 12.5 Å². The van der Waals surface area contributed by atoms with Gasteiger partial charge in [-0.15, -0.1) is 0 Å². The minimum Gasteiger partial charge on any atom is -0.336 e. The summed E-state index contributed by atoms with van der Waals surface area (Å²) < 4.78 is 0. The fourth-order valence-corrected chi connectivity index (χ4v) is 1.27. The second kappa shape index (κ2) is 6.33. The van der Waals surface area contributed by atoms with Crippen molar-refractivity contribution in [1.29, 1.82) is 0 Å². The summed E-state index contributed by atoms with van der Waals surface area (Å²) in [5.74, 6) is -0.416. The van der Waals surface area contributed by atoms with Gasteiger partial charge < -0.3 is 25.5 Å². The monoisotopic (exact) mass is 256 g/mol. The van der Waals surface area contributed by atoms with Crippen LogP contribution in [0.25, 0.3) is 0 Å². The molecule has 2 unspecified atom stereocenters. The van der Waals surface area contributed by atoms with Gasteiger partial charge in [0.15, 0.2) is 0 Å². The molecule has 0 aromatic carbocycles. The lowest BCUT2D eigenvalue weighted by Gasteiger charge is -2.17. The molecule has 0 aromatic rings. The Labute approximate surface area is 102 Å². The number of hydrogen-bond acceptors (Lipinski definition) is 5. The molecule has 0 bridgehead atoms. The summed E-state index contributed by atoms with van der Waals surface area (Å²) in [5, 5.41) is 9.08. The first-order chi connectivity index (χ1) is 8.55. The zero-order valence-corrected chi connectivity index (χ0v) is 9.26. The van der Waals surface area contributed by atoms with Gasteiger partial charge in [0.2, 0.25) is 5.91 Å². The molecule has 18 heavy (non-hydrogen) atoms. The van der Waals surface area contributed by atoms with Gasteiger partial charge in [0.25, 0.3) is 0 Å². The van der Waals surface area contributed by atoms with E-state index in [9.17, 15) is 24.0 Å². The van der Waals surface area contributed by atoms with Crippen molar-refractivity contribution in [3.8, 4) is 0 Å². The Kier molecular flexibility index (Phi) is 4.78. The third kappa shape index (κ3) is 4.20. The topological polar surface area (TPSA) is 133 Å². The van der Waals surface area contributed by atoms with Gasteiger partial charge in [-0.25, -0.2) is 9.59 Å². The molecular formula is C9H12N4O5. The second-order valence-corrected chi connectivity index (χ2v) is 3.57. The van der Waals surface area contributed by atoms with Gasteiger partial charge in [-0.2, -0.15) is 0 Å². The van der Waals surface area contributed by atoms with E-state index in [1.807, 2.05) is 5.32 Å². The van der Waals surface area contributed by atoms with E-state index in [4.69, 9.17) is 0 Å². The molecule has 2 aliphatic heterocycles. The highest BCUT2D eigenvalue weighted by Gasteiger charge is 2.22. The minimum atomic E-state index is -0.652. The van der Waals surface area contributed by atoms with Crippen molar-refractivity contribution < 1.29 is 24.0 Å². The number of nitrogens with one attached hydrogen (secondary N) is 4. The van der Waals surface area contributed by atoms with Gasteiger partial charge in [-0.05, 0) is 0 Å². The number of urea groups is 2. The number of hydrogen-bond donors (Lipinski definition) is 4. The highest BCUT2D eigenvalue weighted by atomic mass is 16.2. The van der Waals surface area contributed by atoms with Crippen LogP contribution < -0.4 is 21.3 Å². The van der Waals surface area contributed by atoms with Crippen molar-refractivity contribution >= 4 is 30.5 Å². The number of carbonyl (C=O) groups is 5. The number of imide groups is 1. The molecule has 2 rings (SSSR count). The third-order valence-corrected chi connectivity index (χ3v) is 2.10. The van der Waals surface area contributed by atoms with E-state index < -0.39 is 18.0 Å². The molecule has 2 aliphatic rings. The molecule has 2 fully saturated rings. The van der Waals surface area contributed by atoms with Crippen LogP contribution in [-0.2, 0) is 14.4 Å². The van der Waals surface area contributed by atoms with Crippen LogP contribution >= 0.6 is 0 Å². The predicted octanol–water partition coefficient (Wildman–Crippen LogP) is -2.35. The standard InChI is InChI=1S/C5H6N2O3.C4H6N2O2/c8-2-3-1-4(9)7-5(10)6-3;7-2-3-1-5-4(8)6-3/h2-3H,1H2,(H2,6,7,9,10);2-3H,1H2,(H2,5,6,8). The van der Waals surface area contributed by atoms with E-state index in [-0.39, 0.29) is 18.5 Å². The van der Waals surface area contributed by atoms with E-state index in [0.717, 1.165) is 0 Å². The van der Waals surface area contributed by atoms with Gasteiger partial charge in [0.1, 0.15) is 18.6 Å². The first-order valence-electron chi connectivity index (χ1n) is 5.10. The van der Waals surface area contributed by atoms with Gasteiger partial charge in [-0.3, -0.25) is 10.1 Å². The Balaban J connectivity index is 0.000000184. The maximum atomic E-state index is 10.5. The van der Waals surface area contributed by atoms with Crippen LogP contribution in [0.1, 0.15) is 6.42 Å². The number of aldehydes is 2. The van der Waals surface area contributed by atoms with Crippen molar-refractivity contribution in [2.75, 3.05) is 6.54 Å². The molecule has 0 radical (unpaired) electrons. The fraction of sp³-hybridized carbons (Fsp3) is 0.444. The zero-order chi connectivity index (χ0) is 13.5. The molecule has 0 aliphatic carbocycles. The van der Waals surface area contributed by atoms with Crippen molar-refractivity contribution in [2.24, 2.45) is 0 Å². The quantitative estimate of drug-likeness (QED) is 0.410. The lowest BCUT2D eigenvalue weighted by molar-refractivity contribution is -0.123. The van der Waals surface area contributed by atoms with Crippen LogP contribution in [0.15, 0.2) is 0 Å². The molecule has 4 N–H and O–H groups in total. The molecule has 9 heteroatoms. The molecule has 98 valence electrons. The van der Waals surface area contributed by atoms with Gasteiger partial charge in [-0.1, -0.05) is 0 Å². The predicted molar refractivity (Wildman–Crippen MR) is 57.5 cm³/mol. The molecule has 2 saturated heterocycles. The summed E-state index contributed by atoms with van der Waals surface area (Å²) >= 11 is 0. The maximum Gasteiger partial charge on any atom is 0.322 e. The summed E-state index contributed by atoms with van der Waals surface area (Å²) in [6, 6.07) is -1.83. The summed E-state index contributed by atoms with van der Waals surface area (Å²) in [7, 11) is 0. The maximum absolute atomic E-state index is 10.5. The fourth-order valence-electron chi connectivity index (χ4n) is 1.27. The van der Waals surface area contributed by atoms with E-state index in [1.54, 1.807) is 0 Å². The Morgan fingerprint density at radius 2 is 1.56 bits per heavy atom. The molecule has 0 saturated carbocycles. The highest BCUT2D eigenvalue weighted by molar-refractivity contribution is 5.99. The van der Waals surface area contributed by atoms with Crippen LogP contribution in [0, 0.1) is 0 Å². The molecular weight excluding hydrogens is 244 g/mol. The van der Waals surface area contributed by atoms with Crippen molar-refractivity contribution in [2.45, 2.75) is 18.5 Å². The van der Waals surface area contributed by atoms with Crippen molar-refractivity contribution in [1.82, 2.24) is 21.3 Å². The third-order valence-electron chi connectivity index (χ3n) is 2.10. The summed E-state index contributed by atoms with van der Waals surface area (Å²) in [4.78, 5) is 51.1. The zero-order valence-electron chi connectivity index (χ0n) is 9.26. The van der Waals surface area contributed by atoms with E-state index >= 15 is 0 Å². The van der Waals surface area contributed by atoms with Crippen LogP contribution in [0.5, 0.6) is 0 Å². The van der Waals surface area contributed by atoms with Crippen LogP contribution in [-0.4, -0.2) is 49.2 Å². The minimum absolute atomic E-state index is 0.0369. The molecule has 0 spiro atoms. The summed E-state index contributed by atoms with van der Waals surface area (Å²) in [5.41, 5.74) is 0. The van der Waals surface area contributed by atoms with E-state index in [0.29, 0.717) is 19.1 Å². The molecule has 2 heterocycles. The lowest BCUT2D eigenvalue weighted by Crippen LogP contribution is -2.52. The largest absolute Gasteiger partial charge is 0.336 e. The first-order valence-corrected chi connectivity index (χ1v) is 5.10. The normalized spacial score (nSPS) is 25.7. The highest BCUT2D eigenvalue weighted by Crippen LogP contribution is 1.93. The van der Waals surface area contributed by atoms with Gasteiger partial charge in [0, 0.05) is 6.54 Å². The number of rotatable bonds is 2. The van der Waals surface area contributed by atoms with Crippen LogP contribution in [0.3, 0.4) is 0 Å². The summed E-state index contributed by atoms with van der Waals surface area (Å²) in [6.45, 7) is 0.419. The summed E-state index contributed by atoms with van der Waals surface area (Å²) in [6.07, 6.45) is 1.28. The molecule has 2 atom stereocenters. The first kappa shape index (κ1) is 13.6. The van der Waals surface area contributed by atoms with E-state index in [1.165, 1.54) is 0 Å². The van der Waals surface area contributed by atoms with E-state index in [2.05, 4.69) is 16.0 Å². The lowest BCUT2D eigenvalue weighted by atomic mass is 10.2. The van der Waals surface area contributed by atoms with Crippen LogP contribution in [0.4, 0.5) is 9.59 Å². The second-order valence-electron chi connectivity index (χ2n) is 3.57. The number of carbonyl (C=O) groups excluding carboxylic acids is 5. The Hall–Kier alpha value is -2.45. The smallest absolute Gasteiger partial charge is 0.322 e. The Morgan fingerprint density at radius 3 is 1.94 bits per heavy atom. The van der Waals surface area contributed by atoms with Crippen molar-refractivity contribution in [3.63, 3.8) is 0 Å². The SMILES string of the molecule is O=CC1CC(=O)NC(=O)N1.O=CC1CNC(=O)N1. The van der Waals surface area contributed by atoms with Gasteiger partial charge >= 0.3 is 12.1 Å². The van der Waals surface area contributed by atoms with Crippen LogP contribution in [0.2, 0.25) is 0 Å². The molecule has 5 amide bonds.